The molecular formula is C17H18N4O3. The molecule has 7 heteroatoms. The number of H-pyrrole nitrogens is 1. The Morgan fingerprint density at radius 2 is 1.96 bits per heavy atom. The topological polar surface area (TPSA) is 89.9 Å². The lowest BCUT2D eigenvalue weighted by Crippen LogP contribution is -2.29. The number of nitrogens with zero attached hydrogens (tertiary/aromatic N) is 3. The van der Waals surface area contributed by atoms with Gasteiger partial charge in [-0.25, -0.2) is 14.8 Å². The summed E-state index contributed by atoms with van der Waals surface area (Å²) in [4.78, 5) is 35.5. The second kappa shape index (κ2) is 5.92. The lowest BCUT2D eigenvalue weighted by molar-refractivity contribution is -0.155. The molecule has 0 atom stereocenters. The molecule has 0 saturated heterocycles. The van der Waals surface area contributed by atoms with Crippen LogP contribution in [0.25, 0.3) is 22.6 Å². The molecule has 0 radical (unpaired) electrons. The van der Waals surface area contributed by atoms with Crippen LogP contribution < -0.4 is 5.69 Å². The summed E-state index contributed by atoms with van der Waals surface area (Å²) in [6.45, 7) is 5.12. The fraction of sp³-hybridized carbons (Fsp3) is 0.294. The van der Waals surface area contributed by atoms with Crippen LogP contribution in [0.3, 0.4) is 0 Å². The maximum atomic E-state index is 12.1. The zero-order chi connectivity index (χ0) is 17.3. The monoisotopic (exact) mass is 326 g/mol. The van der Waals surface area contributed by atoms with Crippen molar-refractivity contribution in [1.82, 2.24) is 19.5 Å². The van der Waals surface area contributed by atoms with Crippen LogP contribution in [0.2, 0.25) is 0 Å². The summed E-state index contributed by atoms with van der Waals surface area (Å²) in [7, 11) is 0. The van der Waals surface area contributed by atoms with Gasteiger partial charge in [0.2, 0.25) is 0 Å². The van der Waals surface area contributed by atoms with Crippen molar-refractivity contribution in [3.05, 3.63) is 47.0 Å². The molecule has 1 aromatic carbocycles. The van der Waals surface area contributed by atoms with E-state index in [-0.39, 0.29) is 6.54 Å². The minimum absolute atomic E-state index is 0.207. The molecule has 3 rings (SSSR count). The highest BCUT2D eigenvalue weighted by Crippen LogP contribution is 2.16. The summed E-state index contributed by atoms with van der Waals surface area (Å²) in [5.41, 5.74) is 0.645. The maximum absolute atomic E-state index is 12.1. The van der Waals surface area contributed by atoms with E-state index in [1.165, 1.54) is 10.8 Å². The molecule has 0 bridgehead atoms. The summed E-state index contributed by atoms with van der Waals surface area (Å²) in [5.74, 6) is -0.00888. The van der Waals surface area contributed by atoms with E-state index in [0.717, 1.165) is 5.56 Å². The van der Waals surface area contributed by atoms with E-state index in [2.05, 4.69) is 15.0 Å². The lowest BCUT2D eigenvalue weighted by atomic mass is 10.2. The molecule has 0 amide bonds. The number of hydrogen-bond donors (Lipinski definition) is 1. The van der Waals surface area contributed by atoms with Crippen LogP contribution in [0.4, 0.5) is 0 Å². The molecule has 1 N–H and O–H groups in total. The van der Waals surface area contributed by atoms with Crippen molar-refractivity contribution >= 4 is 17.1 Å². The van der Waals surface area contributed by atoms with Gasteiger partial charge in [-0.15, -0.1) is 0 Å². The quantitative estimate of drug-likeness (QED) is 0.745. The van der Waals surface area contributed by atoms with E-state index in [1.807, 2.05) is 30.3 Å². The maximum Gasteiger partial charge on any atom is 0.328 e. The fourth-order valence-corrected chi connectivity index (χ4v) is 2.32. The molecule has 7 nitrogen and oxygen atoms in total. The first-order valence-corrected chi connectivity index (χ1v) is 7.56. The van der Waals surface area contributed by atoms with Gasteiger partial charge in [-0.1, -0.05) is 30.3 Å². The Morgan fingerprint density at radius 3 is 2.62 bits per heavy atom. The highest BCUT2D eigenvalue weighted by Gasteiger charge is 2.19. The SMILES string of the molecule is CC(C)(C)OC(=O)Cn1c(=O)[nH]c2cnc(-c3ccccc3)nc21. The van der Waals surface area contributed by atoms with Crippen molar-refractivity contribution in [2.45, 2.75) is 32.9 Å². The van der Waals surface area contributed by atoms with E-state index < -0.39 is 17.3 Å². The first kappa shape index (κ1) is 15.9. The van der Waals surface area contributed by atoms with Crippen LogP contribution in [0.5, 0.6) is 0 Å². The highest BCUT2D eigenvalue weighted by molar-refractivity contribution is 5.76. The molecule has 3 aromatic rings. The fourth-order valence-electron chi connectivity index (χ4n) is 2.32. The Labute approximate surface area is 138 Å². The number of rotatable bonds is 3. The van der Waals surface area contributed by atoms with Gasteiger partial charge in [-0.05, 0) is 20.8 Å². The predicted octanol–water partition coefficient (Wildman–Crippen LogP) is 2.13. The van der Waals surface area contributed by atoms with Crippen molar-refractivity contribution in [3.8, 4) is 11.4 Å². The highest BCUT2D eigenvalue weighted by atomic mass is 16.6. The molecule has 0 aliphatic heterocycles. The van der Waals surface area contributed by atoms with Gasteiger partial charge >= 0.3 is 11.7 Å². The molecule has 2 aromatic heterocycles. The summed E-state index contributed by atoms with van der Waals surface area (Å²) in [6.07, 6.45) is 1.54. The number of fused-ring (bicyclic) bond motifs is 1. The summed E-state index contributed by atoms with van der Waals surface area (Å²) < 4.78 is 6.54. The van der Waals surface area contributed by atoms with Gasteiger partial charge in [0.1, 0.15) is 17.7 Å². The number of aromatic nitrogens is 4. The minimum atomic E-state index is -0.614. The van der Waals surface area contributed by atoms with Crippen LogP contribution in [0.15, 0.2) is 41.3 Å². The number of benzene rings is 1. The molecular weight excluding hydrogens is 308 g/mol. The Kier molecular flexibility index (Phi) is 3.92. The van der Waals surface area contributed by atoms with Gasteiger partial charge in [0, 0.05) is 5.56 Å². The van der Waals surface area contributed by atoms with Crippen LogP contribution in [0, 0.1) is 0 Å². The third-order valence-electron chi connectivity index (χ3n) is 3.25. The third kappa shape index (κ3) is 3.34. The van der Waals surface area contributed by atoms with Gasteiger partial charge in [-0.3, -0.25) is 9.36 Å². The molecule has 124 valence electrons. The largest absolute Gasteiger partial charge is 0.459 e. The zero-order valence-corrected chi connectivity index (χ0v) is 13.7. The van der Waals surface area contributed by atoms with Crippen molar-refractivity contribution in [2.24, 2.45) is 0 Å². The van der Waals surface area contributed by atoms with Gasteiger partial charge in [0.25, 0.3) is 0 Å². The zero-order valence-electron chi connectivity index (χ0n) is 13.7. The van der Waals surface area contributed by atoms with E-state index in [9.17, 15) is 9.59 Å². The third-order valence-corrected chi connectivity index (χ3v) is 3.25. The lowest BCUT2D eigenvalue weighted by Gasteiger charge is -2.19. The number of hydrogen-bond acceptors (Lipinski definition) is 5. The summed E-state index contributed by atoms with van der Waals surface area (Å²) >= 11 is 0. The Bertz CT molecular complexity index is 936. The number of aromatic amines is 1. The Balaban J connectivity index is 2.00. The first-order valence-electron chi connectivity index (χ1n) is 7.56. The normalized spacial score (nSPS) is 11.6. The molecule has 24 heavy (non-hydrogen) atoms. The number of imidazole rings is 1. The second-order valence-electron chi connectivity index (χ2n) is 6.40. The predicted molar refractivity (Wildman–Crippen MR) is 89.4 cm³/mol. The van der Waals surface area contributed by atoms with Gasteiger partial charge in [0.15, 0.2) is 11.5 Å². The van der Waals surface area contributed by atoms with E-state index in [4.69, 9.17) is 4.74 Å². The molecule has 0 fully saturated rings. The Hall–Kier alpha value is -2.96. The average molecular weight is 326 g/mol. The van der Waals surface area contributed by atoms with Crippen molar-refractivity contribution in [2.75, 3.05) is 0 Å². The van der Waals surface area contributed by atoms with Gasteiger partial charge in [0.05, 0.1) is 6.20 Å². The smallest absolute Gasteiger partial charge is 0.328 e. The van der Waals surface area contributed by atoms with Crippen molar-refractivity contribution < 1.29 is 9.53 Å². The molecule has 0 spiro atoms. The van der Waals surface area contributed by atoms with Crippen LogP contribution in [0.1, 0.15) is 20.8 Å². The van der Waals surface area contributed by atoms with E-state index in [1.54, 1.807) is 20.8 Å². The molecule has 2 heterocycles. The molecule has 0 unspecified atom stereocenters. The first-order chi connectivity index (χ1) is 11.3. The van der Waals surface area contributed by atoms with Crippen molar-refractivity contribution in [3.63, 3.8) is 0 Å². The number of esters is 1. The molecule has 0 saturated carbocycles. The standard InChI is InChI=1S/C17H18N4O3/c1-17(2,3)24-13(22)10-21-15-12(19-16(21)23)9-18-14(20-15)11-7-5-4-6-8-11/h4-9H,10H2,1-3H3,(H,19,23). The van der Waals surface area contributed by atoms with Crippen molar-refractivity contribution in [1.29, 1.82) is 0 Å². The van der Waals surface area contributed by atoms with Gasteiger partial charge in [-0.2, -0.15) is 0 Å². The molecule has 0 aliphatic carbocycles. The minimum Gasteiger partial charge on any atom is -0.459 e. The van der Waals surface area contributed by atoms with E-state index >= 15 is 0 Å². The number of carbonyl (C=O) groups excluding carboxylic acids is 1. The number of carbonyl (C=O) groups is 1. The van der Waals surface area contributed by atoms with Crippen LogP contribution >= 0.6 is 0 Å². The van der Waals surface area contributed by atoms with Crippen LogP contribution in [-0.2, 0) is 16.1 Å². The Morgan fingerprint density at radius 1 is 1.25 bits per heavy atom. The molecule has 0 aliphatic rings. The van der Waals surface area contributed by atoms with Gasteiger partial charge < -0.3 is 9.72 Å². The van der Waals surface area contributed by atoms with Crippen LogP contribution in [-0.4, -0.2) is 31.1 Å². The van der Waals surface area contributed by atoms with E-state index in [0.29, 0.717) is 17.0 Å². The summed E-state index contributed by atoms with van der Waals surface area (Å²) in [5, 5.41) is 0. The number of ether oxygens (including phenoxy) is 1. The summed E-state index contributed by atoms with van der Waals surface area (Å²) in [6, 6.07) is 9.42. The average Bonchev–Trinajstić information content (AvgIpc) is 2.81. The second-order valence-corrected chi connectivity index (χ2v) is 6.40. The number of nitrogens with one attached hydrogen (secondary N) is 1.